The molecule has 0 aliphatic carbocycles. The number of carbonyl (C=O) groups is 4. The minimum atomic E-state index is -1.20. The number of fused-ring (bicyclic) bond motifs is 1. The normalized spacial score (nSPS) is 21.1. The molecule has 3 amide bonds. The van der Waals surface area contributed by atoms with Gasteiger partial charge in [0.2, 0.25) is 11.8 Å². The van der Waals surface area contributed by atoms with Crippen molar-refractivity contribution >= 4 is 35.5 Å². The lowest BCUT2D eigenvalue weighted by atomic mass is 10.0. The molecule has 3 atom stereocenters. The Morgan fingerprint density at radius 2 is 2.03 bits per heavy atom. The number of carbonyl (C=O) groups excluding carboxylic acids is 3. The highest BCUT2D eigenvalue weighted by molar-refractivity contribution is 8.00. The number of aliphatic carboxylic acids is 1. The van der Waals surface area contributed by atoms with Gasteiger partial charge in [0.1, 0.15) is 17.1 Å². The van der Waals surface area contributed by atoms with Gasteiger partial charge in [0.05, 0.1) is 12.5 Å². The number of hydrogen-bond acceptors (Lipinski definition) is 6. The van der Waals surface area contributed by atoms with E-state index in [1.165, 1.54) is 16.7 Å². The Morgan fingerprint density at radius 1 is 1.33 bits per heavy atom. The molecule has 176 valence electrons. The zero-order valence-electron chi connectivity index (χ0n) is 18.6. The van der Waals surface area contributed by atoms with Gasteiger partial charge >= 0.3 is 5.97 Å². The highest BCUT2D eigenvalue weighted by Gasteiger charge is 2.53. The van der Waals surface area contributed by atoms with Gasteiger partial charge in [-0.05, 0) is 24.6 Å². The summed E-state index contributed by atoms with van der Waals surface area (Å²) >= 11 is 1.41. The molecule has 10 heteroatoms. The van der Waals surface area contributed by atoms with Crippen LogP contribution in [0.4, 0.5) is 0 Å². The number of rotatable bonds is 10. The maximum atomic E-state index is 12.7. The predicted molar refractivity (Wildman–Crippen MR) is 125 cm³/mol. The van der Waals surface area contributed by atoms with Crippen molar-refractivity contribution in [2.45, 2.75) is 37.2 Å². The molecule has 2 heterocycles. The number of allylic oxidation sites excluding steroid dienone is 1. The number of nitrogens with one attached hydrogen (secondary N) is 1. The number of β-lactam (4-membered cyclic amide) rings is 1. The van der Waals surface area contributed by atoms with E-state index in [4.69, 9.17) is 5.73 Å². The summed E-state index contributed by atoms with van der Waals surface area (Å²) in [5.41, 5.74) is 6.67. The van der Waals surface area contributed by atoms with Crippen molar-refractivity contribution in [3.05, 3.63) is 59.3 Å². The maximum Gasteiger partial charge on any atom is 0.352 e. The van der Waals surface area contributed by atoms with Gasteiger partial charge in [-0.3, -0.25) is 24.2 Å². The number of hydrogen-bond donors (Lipinski definition) is 3. The van der Waals surface area contributed by atoms with E-state index in [0.717, 1.165) is 5.56 Å². The van der Waals surface area contributed by atoms with Crippen LogP contribution in [0.5, 0.6) is 0 Å². The number of primary amides is 1. The Morgan fingerprint density at radius 3 is 2.64 bits per heavy atom. The molecule has 0 aromatic heterocycles. The fourth-order valence-corrected chi connectivity index (χ4v) is 5.31. The molecule has 2 aliphatic rings. The van der Waals surface area contributed by atoms with Crippen LogP contribution in [0.15, 0.2) is 53.8 Å². The van der Waals surface area contributed by atoms with Crippen molar-refractivity contribution in [1.82, 2.24) is 15.1 Å². The quantitative estimate of drug-likeness (QED) is 0.427. The molecule has 4 N–H and O–H groups in total. The van der Waals surface area contributed by atoms with Gasteiger partial charge in [-0.1, -0.05) is 49.4 Å². The number of carboxylic acids is 1. The minimum Gasteiger partial charge on any atom is -0.477 e. The Bertz CT molecular complexity index is 994. The van der Waals surface area contributed by atoms with E-state index in [1.54, 1.807) is 24.1 Å². The first-order valence-electron chi connectivity index (χ1n) is 10.6. The van der Waals surface area contributed by atoms with Gasteiger partial charge in [0.25, 0.3) is 5.91 Å². The number of nitrogens with two attached hydrogens (primary N) is 1. The first kappa shape index (κ1) is 24.5. The van der Waals surface area contributed by atoms with Crippen molar-refractivity contribution in [3.8, 4) is 0 Å². The van der Waals surface area contributed by atoms with E-state index < -0.39 is 35.2 Å². The summed E-state index contributed by atoms with van der Waals surface area (Å²) in [7, 11) is 1.77. The average Bonchev–Trinajstić information content (AvgIpc) is 2.77. The second-order valence-electron chi connectivity index (χ2n) is 7.96. The summed E-state index contributed by atoms with van der Waals surface area (Å²) in [4.78, 5) is 51.6. The molecule has 0 radical (unpaired) electrons. The van der Waals surface area contributed by atoms with Crippen LogP contribution in [0.3, 0.4) is 0 Å². The van der Waals surface area contributed by atoms with E-state index in [9.17, 15) is 24.3 Å². The molecule has 0 bridgehead atoms. The number of thioether (sulfide) groups is 1. The van der Waals surface area contributed by atoms with Crippen LogP contribution in [0.2, 0.25) is 0 Å². The van der Waals surface area contributed by atoms with E-state index in [1.807, 2.05) is 37.3 Å². The number of benzene rings is 1. The maximum absolute atomic E-state index is 12.7. The van der Waals surface area contributed by atoms with Crippen LogP contribution < -0.4 is 11.1 Å². The van der Waals surface area contributed by atoms with Crippen LogP contribution in [0.1, 0.15) is 18.9 Å². The van der Waals surface area contributed by atoms with Gasteiger partial charge in [-0.2, -0.15) is 0 Å². The van der Waals surface area contributed by atoms with Gasteiger partial charge in [0, 0.05) is 12.3 Å². The fourth-order valence-electron chi connectivity index (χ4n) is 4.00. The summed E-state index contributed by atoms with van der Waals surface area (Å²) in [6.45, 7) is 2.27. The molecule has 3 rings (SSSR count). The van der Waals surface area contributed by atoms with E-state index >= 15 is 0 Å². The molecular weight excluding hydrogens is 444 g/mol. The van der Waals surface area contributed by atoms with Crippen molar-refractivity contribution in [3.63, 3.8) is 0 Å². The summed E-state index contributed by atoms with van der Waals surface area (Å²) in [6.07, 6.45) is 4.15. The standard InChI is InChI=1S/C23H28N4O5S/c1-3-16(20(24)29)26(2)11-7-10-15-13-33-22-18(21(30)27(22)19(15)23(31)32)25-17(28)12-14-8-5-4-6-9-14/h4-10,16,18,22H,3,11-13H2,1-2H3,(H2,24,29)(H,25,28)(H,31,32)/t16?,18-,22+/m1/s1. The summed E-state index contributed by atoms with van der Waals surface area (Å²) in [5.74, 6) is -1.95. The second-order valence-corrected chi connectivity index (χ2v) is 9.07. The van der Waals surface area contributed by atoms with Gasteiger partial charge < -0.3 is 16.2 Å². The lowest BCUT2D eigenvalue weighted by Gasteiger charge is -2.49. The first-order valence-corrected chi connectivity index (χ1v) is 11.7. The van der Waals surface area contributed by atoms with Crippen molar-refractivity contribution < 1.29 is 24.3 Å². The summed E-state index contributed by atoms with van der Waals surface area (Å²) in [5, 5.41) is 12.0. The number of carboxylic acid groups (broad SMARTS) is 1. The van der Waals surface area contributed by atoms with Crippen molar-refractivity contribution in [1.29, 1.82) is 0 Å². The number of likely N-dealkylation sites (N-methyl/N-ethyl adjacent to an activating group) is 1. The molecule has 1 unspecified atom stereocenters. The zero-order chi connectivity index (χ0) is 24.1. The van der Waals surface area contributed by atoms with Crippen LogP contribution in [0.25, 0.3) is 0 Å². The molecule has 2 aliphatic heterocycles. The van der Waals surface area contributed by atoms with E-state index in [-0.39, 0.29) is 18.0 Å². The summed E-state index contributed by atoms with van der Waals surface area (Å²) < 4.78 is 0. The van der Waals surface area contributed by atoms with Crippen LogP contribution in [-0.2, 0) is 25.6 Å². The topological polar surface area (TPSA) is 133 Å². The first-order chi connectivity index (χ1) is 15.7. The average molecular weight is 473 g/mol. The Hall–Kier alpha value is -3.11. The smallest absolute Gasteiger partial charge is 0.352 e. The Kier molecular flexibility index (Phi) is 7.93. The van der Waals surface area contributed by atoms with E-state index in [2.05, 4.69) is 5.32 Å². The van der Waals surface area contributed by atoms with Gasteiger partial charge in [0.15, 0.2) is 0 Å². The van der Waals surface area contributed by atoms with Crippen molar-refractivity contribution in [2.75, 3.05) is 19.3 Å². The highest BCUT2D eigenvalue weighted by Crippen LogP contribution is 2.40. The Balaban J connectivity index is 1.67. The monoisotopic (exact) mass is 472 g/mol. The minimum absolute atomic E-state index is 0.0712. The molecule has 1 fully saturated rings. The highest BCUT2D eigenvalue weighted by atomic mass is 32.2. The molecule has 1 aromatic rings. The molecule has 33 heavy (non-hydrogen) atoms. The molecule has 0 spiro atoms. The van der Waals surface area contributed by atoms with Gasteiger partial charge in [-0.25, -0.2) is 4.79 Å². The number of nitrogens with zero attached hydrogens (tertiary/aromatic N) is 2. The number of amides is 3. The molecule has 0 saturated carbocycles. The molecule has 1 aromatic carbocycles. The van der Waals surface area contributed by atoms with Crippen LogP contribution in [0, 0.1) is 0 Å². The largest absolute Gasteiger partial charge is 0.477 e. The fraction of sp³-hybridized carbons (Fsp3) is 0.391. The van der Waals surface area contributed by atoms with Crippen LogP contribution >= 0.6 is 11.8 Å². The third kappa shape index (κ3) is 5.45. The SMILES string of the molecule is CCC(C(N)=O)N(C)CC=CC1=C(C(=O)O)N2C(=O)[C@@H](NC(=O)Cc3ccccc3)[C@@H]2SC1. The Labute approximate surface area is 196 Å². The lowest BCUT2D eigenvalue weighted by Crippen LogP contribution is -2.70. The molecule has 9 nitrogen and oxygen atoms in total. The second kappa shape index (κ2) is 10.7. The zero-order valence-corrected chi connectivity index (χ0v) is 19.4. The lowest BCUT2D eigenvalue weighted by molar-refractivity contribution is -0.150. The van der Waals surface area contributed by atoms with Gasteiger partial charge in [-0.15, -0.1) is 11.8 Å². The third-order valence-electron chi connectivity index (χ3n) is 5.68. The molecule has 1 saturated heterocycles. The predicted octanol–water partition coefficient (Wildman–Crippen LogP) is 0.720. The summed E-state index contributed by atoms with van der Waals surface area (Å²) in [6, 6.07) is 8.03. The molecular formula is C23H28N4O5S. The van der Waals surface area contributed by atoms with Crippen molar-refractivity contribution in [2.24, 2.45) is 5.73 Å². The van der Waals surface area contributed by atoms with E-state index in [0.29, 0.717) is 24.3 Å². The third-order valence-corrected chi connectivity index (χ3v) is 6.99. The van der Waals surface area contributed by atoms with Crippen LogP contribution in [-0.4, -0.2) is 75.4 Å².